The lowest BCUT2D eigenvalue weighted by Gasteiger charge is -2.12. The van der Waals surface area contributed by atoms with E-state index in [2.05, 4.69) is 48.0 Å². The second kappa shape index (κ2) is 8.90. The number of rotatable bonds is 8. The predicted molar refractivity (Wildman–Crippen MR) is 115 cm³/mol. The van der Waals surface area contributed by atoms with Crippen LogP contribution in [0.3, 0.4) is 0 Å². The van der Waals surface area contributed by atoms with E-state index in [0.29, 0.717) is 0 Å². The molecule has 2 aromatic carbocycles. The molecule has 3 rings (SSSR count). The lowest BCUT2D eigenvalue weighted by Crippen LogP contribution is -2.18. The summed E-state index contributed by atoms with van der Waals surface area (Å²) in [6, 6.07) is 16.5. The van der Waals surface area contributed by atoms with Crippen molar-refractivity contribution < 1.29 is 4.79 Å². The zero-order chi connectivity index (χ0) is 19.2. The fourth-order valence-corrected chi connectivity index (χ4v) is 3.64. The van der Waals surface area contributed by atoms with Crippen molar-refractivity contribution in [1.29, 1.82) is 0 Å². The van der Waals surface area contributed by atoms with Crippen LogP contribution in [0.25, 0.3) is 10.9 Å². The first-order chi connectivity index (χ1) is 13.2. The number of carbonyl (C=O) groups excluding carboxylic acids is 1. The van der Waals surface area contributed by atoms with Crippen LogP contribution < -0.4 is 5.32 Å². The maximum absolute atomic E-state index is 13.1. The van der Waals surface area contributed by atoms with Crippen LogP contribution in [0.1, 0.15) is 61.1 Å². The Morgan fingerprint density at radius 2 is 1.67 bits per heavy atom. The average Bonchev–Trinajstić information content (AvgIpc) is 2.98. The molecule has 0 aliphatic carbocycles. The number of hydrogen-bond acceptors (Lipinski definition) is 1. The minimum absolute atomic E-state index is 0.0267. The van der Waals surface area contributed by atoms with Crippen LogP contribution in [0.15, 0.2) is 48.5 Å². The first kappa shape index (κ1) is 19.2. The Kier molecular flexibility index (Phi) is 6.33. The van der Waals surface area contributed by atoms with Crippen LogP contribution in [0, 0.1) is 6.92 Å². The molecule has 1 aromatic heterocycles. The van der Waals surface area contributed by atoms with Gasteiger partial charge in [-0.1, -0.05) is 57.0 Å². The van der Waals surface area contributed by atoms with E-state index >= 15 is 0 Å². The van der Waals surface area contributed by atoms with E-state index in [4.69, 9.17) is 0 Å². The zero-order valence-corrected chi connectivity index (χ0v) is 16.7. The van der Waals surface area contributed by atoms with Gasteiger partial charge in [0, 0.05) is 23.1 Å². The van der Waals surface area contributed by atoms with E-state index in [-0.39, 0.29) is 5.91 Å². The smallest absolute Gasteiger partial charge is 0.272 e. The number of nitrogens with zero attached hydrogens (tertiary/aromatic N) is 1. The zero-order valence-electron chi connectivity index (χ0n) is 16.7. The molecule has 27 heavy (non-hydrogen) atoms. The van der Waals surface area contributed by atoms with E-state index in [1.807, 2.05) is 31.2 Å². The summed E-state index contributed by atoms with van der Waals surface area (Å²) >= 11 is 0. The maximum atomic E-state index is 13.1. The van der Waals surface area contributed by atoms with Gasteiger partial charge >= 0.3 is 0 Å². The highest BCUT2D eigenvalue weighted by Gasteiger charge is 2.19. The van der Waals surface area contributed by atoms with Crippen molar-refractivity contribution in [1.82, 2.24) is 4.57 Å². The number of aryl methyl sites for hydroxylation is 3. The summed E-state index contributed by atoms with van der Waals surface area (Å²) in [5.41, 5.74) is 5.15. The minimum atomic E-state index is -0.0267. The molecule has 0 atom stereocenters. The third-order valence-electron chi connectivity index (χ3n) is 5.21. The van der Waals surface area contributed by atoms with Gasteiger partial charge in [0.15, 0.2) is 0 Å². The third-order valence-corrected chi connectivity index (χ3v) is 5.21. The number of para-hydroxylation sites is 1. The second-order valence-corrected chi connectivity index (χ2v) is 7.25. The molecule has 1 N–H and O–H groups in total. The molecule has 3 aromatic rings. The van der Waals surface area contributed by atoms with Gasteiger partial charge in [-0.3, -0.25) is 4.79 Å². The molecule has 0 radical (unpaired) electrons. The monoisotopic (exact) mass is 362 g/mol. The predicted octanol–water partition coefficient (Wildman–Crippen LogP) is 6.34. The van der Waals surface area contributed by atoms with E-state index in [1.165, 1.54) is 18.4 Å². The van der Waals surface area contributed by atoms with E-state index in [0.717, 1.165) is 53.7 Å². The highest BCUT2D eigenvalue weighted by Crippen LogP contribution is 2.27. The van der Waals surface area contributed by atoms with Gasteiger partial charge in [-0.05, 0) is 55.5 Å². The topological polar surface area (TPSA) is 34.0 Å². The Labute approximate surface area is 162 Å². The molecule has 0 aliphatic heterocycles. The SMILES string of the molecule is CCCCc1ccc(NC(=O)c2c(C)c3ccccc3n2CCCC)cc1. The van der Waals surface area contributed by atoms with Crippen LogP contribution in [-0.4, -0.2) is 10.5 Å². The molecule has 0 saturated heterocycles. The number of anilines is 1. The first-order valence-corrected chi connectivity index (χ1v) is 10.1. The lowest BCUT2D eigenvalue weighted by molar-refractivity contribution is 0.101. The molecule has 0 aliphatic rings. The number of aromatic nitrogens is 1. The number of hydrogen-bond donors (Lipinski definition) is 1. The van der Waals surface area contributed by atoms with Gasteiger partial charge in [-0.2, -0.15) is 0 Å². The van der Waals surface area contributed by atoms with Crippen molar-refractivity contribution in [2.24, 2.45) is 0 Å². The van der Waals surface area contributed by atoms with Gasteiger partial charge in [-0.15, -0.1) is 0 Å². The summed E-state index contributed by atoms with van der Waals surface area (Å²) < 4.78 is 2.18. The van der Waals surface area contributed by atoms with Crippen LogP contribution in [0.5, 0.6) is 0 Å². The normalized spacial score (nSPS) is 11.1. The van der Waals surface area contributed by atoms with Crippen LogP contribution >= 0.6 is 0 Å². The molecule has 0 saturated carbocycles. The lowest BCUT2D eigenvalue weighted by atomic mass is 10.1. The van der Waals surface area contributed by atoms with Crippen LogP contribution in [-0.2, 0) is 13.0 Å². The molecule has 0 spiro atoms. The Bertz CT molecular complexity index is 906. The summed E-state index contributed by atoms with van der Waals surface area (Å²) in [5.74, 6) is -0.0267. The minimum Gasteiger partial charge on any atom is -0.336 e. The third kappa shape index (κ3) is 4.24. The Hall–Kier alpha value is -2.55. The molecular weight excluding hydrogens is 332 g/mol. The van der Waals surface area contributed by atoms with Gasteiger partial charge in [0.1, 0.15) is 5.69 Å². The molecular formula is C24H30N2O. The van der Waals surface area contributed by atoms with Gasteiger partial charge in [0.25, 0.3) is 5.91 Å². The summed E-state index contributed by atoms with van der Waals surface area (Å²) in [7, 11) is 0. The Morgan fingerprint density at radius 3 is 2.37 bits per heavy atom. The molecule has 142 valence electrons. The highest BCUT2D eigenvalue weighted by molar-refractivity contribution is 6.08. The van der Waals surface area contributed by atoms with Gasteiger partial charge in [0.05, 0.1) is 0 Å². The fourth-order valence-electron chi connectivity index (χ4n) is 3.64. The molecule has 0 fully saturated rings. The van der Waals surface area contributed by atoms with Crippen molar-refractivity contribution in [2.75, 3.05) is 5.32 Å². The van der Waals surface area contributed by atoms with Crippen LogP contribution in [0.4, 0.5) is 5.69 Å². The number of fused-ring (bicyclic) bond motifs is 1. The summed E-state index contributed by atoms with van der Waals surface area (Å²) in [5, 5.41) is 4.26. The van der Waals surface area contributed by atoms with Crippen molar-refractivity contribution in [2.45, 2.75) is 59.4 Å². The average molecular weight is 363 g/mol. The molecule has 0 unspecified atom stereocenters. The molecule has 0 bridgehead atoms. The summed E-state index contributed by atoms with van der Waals surface area (Å²) in [6.07, 6.45) is 5.65. The molecule has 3 heteroatoms. The number of amides is 1. The van der Waals surface area contributed by atoms with Crippen molar-refractivity contribution >= 4 is 22.5 Å². The summed E-state index contributed by atoms with van der Waals surface area (Å²) in [6.45, 7) is 7.30. The molecule has 1 amide bonds. The number of carbonyl (C=O) groups is 1. The van der Waals surface area contributed by atoms with Crippen LogP contribution in [0.2, 0.25) is 0 Å². The van der Waals surface area contributed by atoms with E-state index < -0.39 is 0 Å². The highest BCUT2D eigenvalue weighted by atomic mass is 16.2. The maximum Gasteiger partial charge on any atom is 0.272 e. The Morgan fingerprint density at radius 1 is 0.963 bits per heavy atom. The Balaban J connectivity index is 1.87. The number of unbranched alkanes of at least 4 members (excludes halogenated alkanes) is 2. The quantitative estimate of drug-likeness (QED) is 0.498. The second-order valence-electron chi connectivity index (χ2n) is 7.25. The van der Waals surface area contributed by atoms with Gasteiger partial charge < -0.3 is 9.88 Å². The molecule has 3 nitrogen and oxygen atoms in total. The fraction of sp³-hybridized carbons (Fsp3) is 0.375. The van der Waals surface area contributed by atoms with E-state index in [9.17, 15) is 4.79 Å². The molecule has 1 heterocycles. The van der Waals surface area contributed by atoms with Gasteiger partial charge in [-0.25, -0.2) is 0 Å². The largest absolute Gasteiger partial charge is 0.336 e. The van der Waals surface area contributed by atoms with Crippen molar-refractivity contribution in [3.63, 3.8) is 0 Å². The number of benzene rings is 2. The van der Waals surface area contributed by atoms with Crippen molar-refractivity contribution in [3.8, 4) is 0 Å². The summed E-state index contributed by atoms with van der Waals surface area (Å²) in [4.78, 5) is 13.1. The standard InChI is InChI=1S/C24H30N2O/c1-4-6-10-19-13-15-20(16-14-19)25-24(27)23-18(3)21-11-8-9-12-22(21)26(23)17-7-5-2/h8-9,11-16H,4-7,10,17H2,1-3H3,(H,25,27). The van der Waals surface area contributed by atoms with E-state index in [1.54, 1.807) is 0 Å². The van der Waals surface area contributed by atoms with Crippen molar-refractivity contribution in [3.05, 3.63) is 65.4 Å². The first-order valence-electron chi connectivity index (χ1n) is 10.1. The number of nitrogens with one attached hydrogen (secondary N) is 1. The van der Waals surface area contributed by atoms with Gasteiger partial charge in [0.2, 0.25) is 0 Å².